The van der Waals surface area contributed by atoms with Crippen molar-refractivity contribution in [2.45, 2.75) is 32.9 Å². The molecule has 0 spiro atoms. The highest BCUT2D eigenvalue weighted by molar-refractivity contribution is 5.89. The lowest BCUT2D eigenvalue weighted by Gasteiger charge is -2.20. The first-order valence-electron chi connectivity index (χ1n) is 6.74. The van der Waals surface area contributed by atoms with Crippen LogP contribution in [-0.2, 0) is 16.0 Å². The smallest absolute Gasteiger partial charge is 0.407 e. The number of aromatic nitrogens is 1. The van der Waals surface area contributed by atoms with Gasteiger partial charge in [-0.2, -0.15) is 0 Å². The number of carbonyl (C=O) groups excluding carboxylic acids is 2. The van der Waals surface area contributed by atoms with E-state index in [-0.39, 0.29) is 13.1 Å². The Morgan fingerprint density at radius 1 is 1.41 bits per heavy atom. The minimum absolute atomic E-state index is 0.0111. The van der Waals surface area contributed by atoms with Gasteiger partial charge in [-0.3, -0.25) is 0 Å². The highest BCUT2D eigenvalue weighted by Gasteiger charge is 2.16. The third kappa shape index (κ3) is 5.99. The summed E-state index contributed by atoms with van der Waals surface area (Å²) >= 11 is 0. The molecule has 1 aromatic rings. The van der Waals surface area contributed by atoms with Crippen molar-refractivity contribution >= 4 is 12.1 Å². The Morgan fingerprint density at radius 2 is 2.09 bits per heavy atom. The Hall–Kier alpha value is -2.31. The lowest BCUT2D eigenvalue weighted by Crippen LogP contribution is -2.33. The second-order valence-electron chi connectivity index (χ2n) is 5.69. The van der Waals surface area contributed by atoms with Crippen LogP contribution in [0.15, 0.2) is 30.4 Å². The summed E-state index contributed by atoms with van der Waals surface area (Å²) in [4.78, 5) is 22.8. The molecule has 0 aliphatic carbocycles. The Balaban J connectivity index is 2.54. The van der Waals surface area contributed by atoms with Crippen LogP contribution in [-0.4, -0.2) is 35.9 Å². The van der Waals surface area contributed by atoms with Gasteiger partial charge in [0.1, 0.15) is 5.60 Å². The van der Waals surface area contributed by atoms with E-state index in [0.29, 0.717) is 17.5 Å². The molecule has 1 aromatic heterocycles. The second kappa shape index (κ2) is 7.63. The minimum Gasteiger partial charge on any atom is -0.465 e. The third-order valence-corrected chi connectivity index (χ3v) is 2.57. The van der Waals surface area contributed by atoms with Gasteiger partial charge in [0.05, 0.1) is 19.0 Å². The van der Waals surface area contributed by atoms with Gasteiger partial charge in [0.15, 0.2) is 0 Å². The number of nitrogens with zero attached hydrogens (tertiary/aromatic N) is 1. The summed E-state index contributed by atoms with van der Waals surface area (Å²) in [7, 11) is 1.29. The molecule has 7 heteroatoms. The summed E-state index contributed by atoms with van der Waals surface area (Å²) in [6, 6.07) is 1.57. The number of amides is 1. The Labute approximate surface area is 128 Å². The fraction of sp³-hybridized carbons (Fsp3) is 0.467. The van der Waals surface area contributed by atoms with Crippen molar-refractivity contribution in [3.63, 3.8) is 0 Å². The van der Waals surface area contributed by atoms with E-state index in [4.69, 9.17) is 4.74 Å². The molecule has 0 radical (unpaired) electrons. The zero-order chi connectivity index (χ0) is 16.8. The first-order chi connectivity index (χ1) is 10.2. The van der Waals surface area contributed by atoms with Crippen LogP contribution >= 0.6 is 0 Å². The fourth-order valence-corrected chi connectivity index (χ4v) is 1.64. The van der Waals surface area contributed by atoms with Gasteiger partial charge in [-0.1, -0.05) is 0 Å². The molecular weight excluding hydrogens is 291 g/mol. The Kier molecular flexibility index (Phi) is 6.15. The molecule has 22 heavy (non-hydrogen) atoms. The Bertz CT molecular complexity index is 558. The number of carbonyl (C=O) groups is 2. The van der Waals surface area contributed by atoms with Crippen molar-refractivity contribution in [1.29, 1.82) is 0 Å². The summed E-state index contributed by atoms with van der Waals surface area (Å²) in [6.07, 6.45) is 2.98. The topological polar surface area (TPSA) is 69.6 Å². The van der Waals surface area contributed by atoms with Crippen LogP contribution in [0.4, 0.5) is 9.18 Å². The molecule has 0 saturated heterocycles. The number of halogens is 1. The average Bonchev–Trinajstić information content (AvgIpc) is 2.89. The molecule has 0 saturated carbocycles. The van der Waals surface area contributed by atoms with E-state index < -0.39 is 17.7 Å². The molecule has 1 heterocycles. The van der Waals surface area contributed by atoms with E-state index in [2.05, 4.69) is 10.1 Å². The van der Waals surface area contributed by atoms with Gasteiger partial charge in [-0.05, 0) is 32.4 Å². The van der Waals surface area contributed by atoms with Crippen LogP contribution in [0.5, 0.6) is 0 Å². The molecule has 122 valence electrons. The van der Waals surface area contributed by atoms with E-state index >= 15 is 0 Å². The summed E-state index contributed by atoms with van der Waals surface area (Å²) in [5.41, 5.74) is 0.0955. The number of nitrogens with one attached hydrogen (secondary N) is 1. The van der Waals surface area contributed by atoms with Crippen molar-refractivity contribution in [3.05, 3.63) is 35.9 Å². The van der Waals surface area contributed by atoms with Gasteiger partial charge < -0.3 is 19.4 Å². The van der Waals surface area contributed by atoms with Gasteiger partial charge in [0.2, 0.25) is 0 Å². The molecule has 0 bridgehead atoms. The van der Waals surface area contributed by atoms with Crippen molar-refractivity contribution in [3.8, 4) is 0 Å². The second-order valence-corrected chi connectivity index (χ2v) is 5.69. The van der Waals surface area contributed by atoms with Crippen molar-refractivity contribution in [1.82, 2.24) is 9.88 Å². The molecule has 0 atom stereocenters. The van der Waals surface area contributed by atoms with E-state index in [1.807, 2.05) is 0 Å². The van der Waals surface area contributed by atoms with Crippen molar-refractivity contribution in [2.75, 3.05) is 13.7 Å². The lowest BCUT2D eigenvalue weighted by atomic mass is 10.2. The van der Waals surface area contributed by atoms with Crippen LogP contribution in [0.1, 0.15) is 31.1 Å². The molecule has 0 fully saturated rings. The van der Waals surface area contributed by atoms with Crippen LogP contribution < -0.4 is 5.32 Å². The number of alkyl carbamates (subject to hydrolysis) is 1. The third-order valence-electron chi connectivity index (χ3n) is 2.57. The quantitative estimate of drug-likeness (QED) is 0.849. The van der Waals surface area contributed by atoms with Crippen molar-refractivity contribution < 1.29 is 23.5 Å². The Morgan fingerprint density at radius 3 is 2.64 bits per heavy atom. The summed E-state index contributed by atoms with van der Waals surface area (Å²) < 4.78 is 24.2. The van der Waals surface area contributed by atoms with Crippen LogP contribution in [0.2, 0.25) is 0 Å². The standard InChI is InChI=1S/C15H21FN2O4/c1-15(2,3)22-14(20)17-8-11(7-16)9-18-6-5-12(10-18)13(19)21-4/h5-7,10H,8-9H2,1-4H3,(H,17,20)/b11-7+. The molecule has 1 N–H and O–H groups in total. The molecular formula is C15H21FN2O4. The summed E-state index contributed by atoms with van der Waals surface area (Å²) in [6.45, 7) is 5.44. The van der Waals surface area contributed by atoms with E-state index in [9.17, 15) is 14.0 Å². The zero-order valence-electron chi connectivity index (χ0n) is 13.2. The van der Waals surface area contributed by atoms with Gasteiger partial charge in [0.25, 0.3) is 0 Å². The largest absolute Gasteiger partial charge is 0.465 e. The molecule has 1 amide bonds. The maximum Gasteiger partial charge on any atom is 0.407 e. The SMILES string of the molecule is COC(=O)c1ccn(C/C(=C/F)CNC(=O)OC(C)(C)C)c1. The number of ether oxygens (including phenoxy) is 2. The molecule has 1 rings (SSSR count). The minimum atomic E-state index is -0.616. The van der Waals surface area contributed by atoms with Gasteiger partial charge in [-0.15, -0.1) is 0 Å². The molecule has 6 nitrogen and oxygen atoms in total. The average molecular weight is 312 g/mol. The van der Waals surface area contributed by atoms with E-state index in [0.717, 1.165) is 0 Å². The fourth-order valence-electron chi connectivity index (χ4n) is 1.64. The first-order valence-corrected chi connectivity index (χ1v) is 6.74. The number of rotatable bonds is 5. The van der Waals surface area contributed by atoms with Crippen molar-refractivity contribution in [2.24, 2.45) is 0 Å². The maximum atomic E-state index is 12.9. The van der Waals surface area contributed by atoms with Gasteiger partial charge in [0, 0.05) is 25.5 Å². The molecule has 0 aliphatic rings. The number of methoxy groups -OCH3 is 1. The molecule has 0 aliphatic heterocycles. The number of hydrogen-bond acceptors (Lipinski definition) is 4. The normalized spacial score (nSPS) is 12.0. The maximum absolute atomic E-state index is 12.9. The summed E-state index contributed by atoms with van der Waals surface area (Å²) in [5.74, 6) is -0.462. The molecule has 0 unspecified atom stereocenters. The lowest BCUT2D eigenvalue weighted by molar-refractivity contribution is 0.0531. The number of esters is 1. The van der Waals surface area contributed by atoms with Gasteiger partial charge >= 0.3 is 12.1 Å². The highest BCUT2D eigenvalue weighted by Crippen LogP contribution is 2.08. The monoisotopic (exact) mass is 312 g/mol. The predicted molar refractivity (Wildman–Crippen MR) is 79.2 cm³/mol. The van der Waals surface area contributed by atoms with E-state index in [1.54, 1.807) is 43.8 Å². The highest BCUT2D eigenvalue weighted by atomic mass is 19.1. The first kappa shape index (κ1) is 17.7. The van der Waals surface area contributed by atoms with Crippen LogP contribution in [0.25, 0.3) is 0 Å². The molecule has 0 aromatic carbocycles. The summed E-state index contributed by atoms with van der Waals surface area (Å²) in [5, 5.41) is 2.48. The predicted octanol–water partition coefficient (Wildman–Crippen LogP) is 2.65. The number of hydrogen-bond donors (Lipinski definition) is 1. The van der Waals surface area contributed by atoms with Crippen LogP contribution in [0, 0.1) is 0 Å². The van der Waals surface area contributed by atoms with Gasteiger partial charge in [-0.25, -0.2) is 14.0 Å². The van der Waals surface area contributed by atoms with E-state index in [1.165, 1.54) is 7.11 Å². The van der Waals surface area contributed by atoms with Crippen LogP contribution in [0.3, 0.4) is 0 Å². The zero-order valence-corrected chi connectivity index (χ0v) is 13.2.